The van der Waals surface area contributed by atoms with Crippen LogP contribution in [0.2, 0.25) is 0 Å². The minimum Gasteiger partial charge on any atom is -1.00 e. The molecular weight excluding hydrogens is 164 g/mol. The molecule has 0 fully saturated rings. The molecule has 0 unspecified atom stereocenters. The van der Waals surface area contributed by atoms with Gasteiger partial charge in [0.15, 0.2) is 0 Å². The van der Waals surface area contributed by atoms with Crippen LogP contribution in [-0.4, -0.2) is 27.1 Å². The molecule has 68 valence electrons. The summed E-state index contributed by atoms with van der Waals surface area (Å²) in [5.74, 6) is -0.435. The summed E-state index contributed by atoms with van der Waals surface area (Å²) in [7, 11) is 6.25. The van der Waals surface area contributed by atoms with Crippen molar-refractivity contribution in [3.63, 3.8) is 0 Å². The molecule has 0 heterocycles. The second-order valence-corrected chi connectivity index (χ2v) is 2.64. The van der Waals surface area contributed by atoms with Gasteiger partial charge in [0.05, 0.1) is 21.1 Å². The summed E-state index contributed by atoms with van der Waals surface area (Å²) in [5, 5.41) is 0. The maximum atomic E-state index is 9.82. The standard InChI is InChI=1S/C4H7NO.C3H9N.ClH/c1-3(2)4(5)6;1-4(2)3;/h1H2,2H3,(H2,5,6);1-3H3;1H. The van der Waals surface area contributed by atoms with Gasteiger partial charge in [-0.05, 0) is 6.92 Å². The van der Waals surface area contributed by atoms with Gasteiger partial charge in [-0.25, -0.2) is 0 Å². The number of quaternary nitrogens is 1. The Morgan fingerprint density at radius 3 is 1.45 bits per heavy atom. The lowest BCUT2D eigenvalue weighted by Crippen LogP contribution is -3.02. The zero-order valence-electron chi connectivity index (χ0n) is 7.57. The molecular formula is C7H17ClN2O. The predicted molar refractivity (Wildman–Crippen MR) is 42.7 cm³/mol. The third-order valence-electron chi connectivity index (χ3n) is 0.421. The highest BCUT2D eigenvalue weighted by Gasteiger charge is 1.86. The second-order valence-electron chi connectivity index (χ2n) is 2.64. The average Bonchev–Trinajstić information content (AvgIpc) is 1.63. The van der Waals surface area contributed by atoms with Crippen molar-refractivity contribution in [2.75, 3.05) is 21.1 Å². The fourth-order valence-electron chi connectivity index (χ4n) is 0. The largest absolute Gasteiger partial charge is 1.00 e. The number of amides is 1. The number of rotatable bonds is 1. The lowest BCUT2D eigenvalue weighted by molar-refractivity contribution is -0.836. The van der Waals surface area contributed by atoms with E-state index >= 15 is 0 Å². The lowest BCUT2D eigenvalue weighted by Gasteiger charge is -1.88. The first-order chi connectivity index (χ1) is 4.37. The zero-order valence-corrected chi connectivity index (χ0v) is 8.33. The van der Waals surface area contributed by atoms with Crippen LogP contribution in [-0.2, 0) is 4.79 Å². The van der Waals surface area contributed by atoms with Crippen LogP contribution in [0.4, 0.5) is 0 Å². The van der Waals surface area contributed by atoms with Gasteiger partial charge in [-0.1, -0.05) is 6.58 Å². The third kappa shape index (κ3) is 44.0. The molecule has 11 heavy (non-hydrogen) atoms. The molecule has 0 aromatic heterocycles. The smallest absolute Gasteiger partial charge is 0.243 e. The minimum atomic E-state index is -0.435. The van der Waals surface area contributed by atoms with E-state index in [1.807, 2.05) is 0 Å². The molecule has 0 atom stereocenters. The Kier molecular flexibility index (Phi) is 14.5. The van der Waals surface area contributed by atoms with Gasteiger partial charge >= 0.3 is 0 Å². The van der Waals surface area contributed by atoms with E-state index in [0.717, 1.165) is 0 Å². The van der Waals surface area contributed by atoms with Gasteiger partial charge < -0.3 is 23.0 Å². The predicted octanol–water partition coefficient (Wildman–Crippen LogP) is -4.19. The van der Waals surface area contributed by atoms with Crippen molar-refractivity contribution >= 4 is 5.91 Å². The molecule has 0 saturated carbocycles. The highest BCUT2D eigenvalue weighted by Crippen LogP contribution is 1.78. The molecule has 0 aliphatic carbocycles. The Morgan fingerprint density at radius 2 is 1.45 bits per heavy atom. The highest BCUT2D eigenvalue weighted by molar-refractivity contribution is 5.90. The molecule has 4 heteroatoms. The molecule has 0 saturated heterocycles. The SMILES string of the molecule is C=C(C)C(N)=O.C[NH+](C)C.[Cl-]. The second kappa shape index (κ2) is 9.46. The van der Waals surface area contributed by atoms with Crippen LogP contribution in [0, 0.1) is 0 Å². The normalized spacial score (nSPS) is 7.36. The molecule has 0 aromatic carbocycles. The van der Waals surface area contributed by atoms with E-state index in [1.165, 1.54) is 4.90 Å². The molecule has 0 aromatic rings. The van der Waals surface area contributed by atoms with Crippen molar-refractivity contribution < 1.29 is 22.1 Å². The first kappa shape index (κ1) is 16.8. The summed E-state index contributed by atoms with van der Waals surface area (Å²) < 4.78 is 0. The molecule has 0 spiro atoms. The van der Waals surface area contributed by atoms with Gasteiger partial charge in [0.1, 0.15) is 0 Å². The van der Waals surface area contributed by atoms with Crippen molar-refractivity contribution in [2.24, 2.45) is 5.73 Å². The van der Waals surface area contributed by atoms with Crippen LogP contribution in [0.1, 0.15) is 6.92 Å². The fraction of sp³-hybridized carbons (Fsp3) is 0.571. The summed E-state index contributed by atoms with van der Waals surface area (Å²) in [5.41, 5.74) is 5.09. The van der Waals surface area contributed by atoms with Crippen LogP contribution in [0.3, 0.4) is 0 Å². The Labute approximate surface area is 74.7 Å². The van der Waals surface area contributed by atoms with Gasteiger partial charge in [0, 0.05) is 5.57 Å². The topological polar surface area (TPSA) is 47.5 Å². The number of hydrogen-bond acceptors (Lipinski definition) is 1. The Balaban J connectivity index is -0.000000114. The van der Waals surface area contributed by atoms with Gasteiger partial charge in [-0.2, -0.15) is 0 Å². The first-order valence-electron chi connectivity index (χ1n) is 3.10. The quantitative estimate of drug-likeness (QED) is 0.396. The molecule has 0 rings (SSSR count). The van der Waals surface area contributed by atoms with Crippen LogP contribution in [0.25, 0.3) is 0 Å². The van der Waals surface area contributed by atoms with Crippen LogP contribution in [0.15, 0.2) is 12.2 Å². The molecule has 3 nitrogen and oxygen atoms in total. The number of primary amides is 1. The van der Waals surface area contributed by atoms with Gasteiger partial charge in [-0.15, -0.1) is 0 Å². The molecule has 3 N–H and O–H groups in total. The Bertz CT molecular complexity index is 109. The van der Waals surface area contributed by atoms with Gasteiger partial charge in [0.2, 0.25) is 5.91 Å². The number of hydrogen-bond donors (Lipinski definition) is 2. The van der Waals surface area contributed by atoms with Crippen LogP contribution >= 0.6 is 0 Å². The van der Waals surface area contributed by atoms with Crippen molar-refractivity contribution in [2.45, 2.75) is 6.92 Å². The number of carbonyl (C=O) groups is 1. The monoisotopic (exact) mass is 180 g/mol. The molecule has 0 aliphatic heterocycles. The van der Waals surface area contributed by atoms with Crippen molar-refractivity contribution in [3.05, 3.63) is 12.2 Å². The molecule has 0 bridgehead atoms. The van der Waals surface area contributed by atoms with Crippen LogP contribution in [0.5, 0.6) is 0 Å². The van der Waals surface area contributed by atoms with E-state index in [4.69, 9.17) is 5.73 Å². The number of halogens is 1. The lowest BCUT2D eigenvalue weighted by atomic mass is 10.3. The van der Waals surface area contributed by atoms with E-state index in [2.05, 4.69) is 27.7 Å². The first-order valence-corrected chi connectivity index (χ1v) is 3.10. The van der Waals surface area contributed by atoms with E-state index in [1.54, 1.807) is 6.92 Å². The maximum Gasteiger partial charge on any atom is 0.243 e. The Morgan fingerprint density at radius 1 is 1.36 bits per heavy atom. The third-order valence-corrected chi connectivity index (χ3v) is 0.421. The van der Waals surface area contributed by atoms with E-state index in [0.29, 0.717) is 5.57 Å². The highest BCUT2D eigenvalue weighted by atomic mass is 35.5. The fourth-order valence-corrected chi connectivity index (χ4v) is 0. The van der Waals surface area contributed by atoms with Gasteiger partial charge in [-0.3, -0.25) is 4.79 Å². The number of nitrogens with one attached hydrogen (secondary N) is 1. The van der Waals surface area contributed by atoms with Gasteiger partial charge in [0.25, 0.3) is 0 Å². The summed E-state index contributed by atoms with van der Waals surface area (Å²) in [6.45, 7) is 4.85. The number of carbonyl (C=O) groups excluding carboxylic acids is 1. The molecule has 0 radical (unpaired) electrons. The number of nitrogens with two attached hydrogens (primary N) is 1. The minimum absolute atomic E-state index is 0. The maximum absolute atomic E-state index is 9.82. The summed E-state index contributed by atoms with van der Waals surface area (Å²) in [4.78, 5) is 11.2. The van der Waals surface area contributed by atoms with Crippen molar-refractivity contribution in [3.8, 4) is 0 Å². The summed E-state index contributed by atoms with van der Waals surface area (Å²) in [6.07, 6.45) is 0. The van der Waals surface area contributed by atoms with Crippen molar-refractivity contribution in [1.29, 1.82) is 0 Å². The molecule has 1 amide bonds. The van der Waals surface area contributed by atoms with Crippen molar-refractivity contribution in [1.82, 2.24) is 0 Å². The summed E-state index contributed by atoms with van der Waals surface area (Å²) in [6, 6.07) is 0. The van der Waals surface area contributed by atoms with E-state index in [-0.39, 0.29) is 12.4 Å². The van der Waals surface area contributed by atoms with Crippen LogP contribution < -0.4 is 23.0 Å². The molecule has 0 aliphatic rings. The van der Waals surface area contributed by atoms with E-state index in [9.17, 15) is 4.79 Å². The average molecular weight is 181 g/mol. The zero-order chi connectivity index (χ0) is 8.73. The van der Waals surface area contributed by atoms with E-state index < -0.39 is 5.91 Å². The Hall–Kier alpha value is -0.540. The summed E-state index contributed by atoms with van der Waals surface area (Å²) >= 11 is 0.